The summed E-state index contributed by atoms with van der Waals surface area (Å²) in [5, 5.41) is 0. The highest BCUT2D eigenvalue weighted by atomic mass is 16.7. The molecular formula is C21H42O4. The van der Waals surface area contributed by atoms with Gasteiger partial charge in [0, 0.05) is 13.5 Å². The summed E-state index contributed by atoms with van der Waals surface area (Å²) in [7, 11) is 1.62. The van der Waals surface area contributed by atoms with E-state index < -0.39 is 0 Å². The van der Waals surface area contributed by atoms with E-state index in [1.54, 1.807) is 7.11 Å². The van der Waals surface area contributed by atoms with Gasteiger partial charge in [-0.15, -0.1) is 0 Å². The van der Waals surface area contributed by atoms with Gasteiger partial charge in [0.1, 0.15) is 0 Å². The molecule has 0 heterocycles. The lowest BCUT2D eigenvalue weighted by molar-refractivity contribution is -0.0686. The SMILES string of the molecule is CCCCCCCCCCCC(OCCC)=C(OCCC)OCOC. The summed E-state index contributed by atoms with van der Waals surface area (Å²) < 4.78 is 22.2. The van der Waals surface area contributed by atoms with Crippen molar-refractivity contribution in [3.8, 4) is 0 Å². The molecule has 0 fully saturated rings. The Morgan fingerprint density at radius 3 is 1.72 bits per heavy atom. The van der Waals surface area contributed by atoms with E-state index in [2.05, 4.69) is 20.8 Å². The predicted octanol–water partition coefficient (Wildman–Crippen LogP) is 6.55. The van der Waals surface area contributed by atoms with Crippen LogP contribution in [-0.2, 0) is 18.9 Å². The quantitative estimate of drug-likeness (QED) is 0.149. The van der Waals surface area contributed by atoms with Gasteiger partial charge in [0.05, 0.1) is 13.2 Å². The third-order valence-electron chi connectivity index (χ3n) is 3.96. The number of rotatable bonds is 19. The molecule has 0 spiro atoms. The number of unbranched alkanes of at least 4 members (excludes halogenated alkanes) is 8. The van der Waals surface area contributed by atoms with Crippen molar-refractivity contribution in [2.45, 2.75) is 97.8 Å². The van der Waals surface area contributed by atoms with Gasteiger partial charge >= 0.3 is 5.95 Å². The Morgan fingerprint density at radius 1 is 0.600 bits per heavy atom. The Kier molecular flexibility index (Phi) is 18.7. The van der Waals surface area contributed by atoms with Crippen molar-refractivity contribution in [3.05, 3.63) is 11.7 Å². The topological polar surface area (TPSA) is 36.9 Å². The van der Waals surface area contributed by atoms with Crippen molar-refractivity contribution in [1.29, 1.82) is 0 Å². The molecule has 0 rings (SSSR count). The van der Waals surface area contributed by atoms with E-state index >= 15 is 0 Å². The fourth-order valence-corrected chi connectivity index (χ4v) is 2.56. The molecule has 4 nitrogen and oxygen atoms in total. The monoisotopic (exact) mass is 358 g/mol. The molecule has 0 atom stereocenters. The average molecular weight is 359 g/mol. The summed E-state index contributed by atoms with van der Waals surface area (Å²) in [6.07, 6.45) is 14.6. The smallest absolute Gasteiger partial charge is 0.321 e. The summed E-state index contributed by atoms with van der Waals surface area (Å²) in [5.74, 6) is 1.35. The first-order valence-corrected chi connectivity index (χ1v) is 10.4. The molecule has 0 aliphatic carbocycles. The largest absolute Gasteiger partial charge is 0.491 e. The molecule has 4 heteroatoms. The molecule has 0 radical (unpaired) electrons. The van der Waals surface area contributed by atoms with Gasteiger partial charge in [-0.05, 0) is 19.3 Å². The average Bonchev–Trinajstić information content (AvgIpc) is 2.63. The second-order valence-electron chi connectivity index (χ2n) is 6.54. The van der Waals surface area contributed by atoms with Gasteiger partial charge in [0.2, 0.25) is 0 Å². The van der Waals surface area contributed by atoms with E-state index in [1.165, 1.54) is 51.4 Å². The zero-order valence-corrected chi connectivity index (χ0v) is 17.2. The highest BCUT2D eigenvalue weighted by Gasteiger charge is 2.12. The Bertz CT molecular complexity index is 292. The van der Waals surface area contributed by atoms with Crippen molar-refractivity contribution in [2.75, 3.05) is 27.1 Å². The zero-order chi connectivity index (χ0) is 18.6. The van der Waals surface area contributed by atoms with Gasteiger partial charge in [-0.25, -0.2) is 0 Å². The lowest BCUT2D eigenvalue weighted by Gasteiger charge is -2.17. The second-order valence-corrected chi connectivity index (χ2v) is 6.54. The Morgan fingerprint density at radius 2 is 1.16 bits per heavy atom. The summed E-state index contributed by atoms with van der Waals surface area (Å²) in [5.41, 5.74) is 0. The van der Waals surface area contributed by atoms with Gasteiger partial charge in [0.25, 0.3) is 0 Å². The van der Waals surface area contributed by atoms with Crippen molar-refractivity contribution >= 4 is 0 Å². The number of ether oxygens (including phenoxy) is 4. The van der Waals surface area contributed by atoms with Crippen LogP contribution in [-0.4, -0.2) is 27.1 Å². The minimum Gasteiger partial charge on any atom is -0.491 e. The molecule has 0 N–H and O–H groups in total. The standard InChI is InChI=1S/C21H42O4/c1-5-8-9-10-11-12-13-14-15-16-20(23-17-6-2)21(24-18-7-3)25-19-22-4/h5-19H2,1-4H3. The van der Waals surface area contributed by atoms with Crippen LogP contribution in [0.3, 0.4) is 0 Å². The van der Waals surface area contributed by atoms with Crippen molar-refractivity contribution in [2.24, 2.45) is 0 Å². The number of allylic oxidation sites excluding steroid dienone is 1. The molecule has 0 aromatic rings. The van der Waals surface area contributed by atoms with Crippen LogP contribution in [0, 0.1) is 0 Å². The molecule has 0 amide bonds. The van der Waals surface area contributed by atoms with Gasteiger partial charge in [-0.3, -0.25) is 0 Å². The fourth-order valence-electron chi connectivity index (χ4n) is 2.56. The van der Waals surface area contributed by atoms with Crippen LogP contribution in [0.15, 0.2) is 11.7 Å². The molecule has 0 aromatic heterocycles. The first-order chi connectivity index (χ1) is 12.3. The molecule has 0 saturated carbocycles. The molecule has 0 aliphatic rings. The first-order valence-electron chi connectivity index (χ1n) is 10.4. The minimum absolute atomic E-state index is 0.190. The molecule has 0 bridgehead atoms. The van der Waals surface area contributed by atoms with E-state index in [0.717, 1.165) is 31.4 Å². The summed E-state index contributed by atoms with van der Waals surface area (Å²) in [6, 6.07) is 0. The molecule has 25 heavy (non-hydrogen) atoms. The second kappa shape index (κ2) is 19.4. The fraction of sp³-hybridized carbons (Fsp3) is 0.905. The molecule has 0 unspecified atom stereocenters. The first kappa shape index (κ1) is 24.1. The third kappa shape index (κ3) is 15.1. The predicted molar refractivity (Wildman–Crippen MR) is 104 cm³/mol. The van der Waals surface area contributed by atoms with E-state index in [4.69, 9.17) is 18.9 Å². The minimum atomic E-state index is 0.190. The lowest BCUT2D eigenvalue weighted by atomic mass is 10.1. The van der Waals surface area contributed by atoms with Crippen molar-refractivity contribution in [3.63, 3.8) is 0 Å². The van der Waals surface area contributed by atoms with Gasteiger partial charge in [-0.1, -0.05) is 72.1 Å². The van der Waals surface area contributed by atoms with Gasteiger partial charge in [0.15, 0.2) is 12.6 Å². The van der Waals surface area contributed by atoms with Crippen LogP contribution < -0.4 is 0 Å². The lowest BCUT2D eigenvalue weighted by Crippen LogP contribution is -2.08. The van der Waals surface area contributed by atoms with Crippen LogP contribution in [0.4, 0.5) is 0 Å². The van der Waals surface area contributed by atoms with E-state index in [1.807, 2.05) is 0 Å². The van der Waals surface area contributed by atoms with E-state index in [9.17, 15) is 0 Å². The highest BCUT2D eigenvalue weighted by Crippen LogP contribution is 2.19. The third-order valence-corrected chi connectivity index (χ3v) is 3.96. The Balaban J connectivity index is 4.21. The molecular weight excluding hydrogens is 316 g/mol. The van der Waals surface area contributed by atoms with Crippen molar-refractivity contribution < 1.29 is 18.9 Å². The maximum Gasteiger partial charge on any atom is 0.321 e. The maximum absolute atomic E-state index is 5.89. The van der Waals surface area contributed by atoms with Crippen LogP contribution in [0.1, 0.15) is 97.8 Å². The van der Waals surface area contributed by atoms with Gasteiger partial charge in [-0.2, -0.15) is 0 Å². The summed E-state index contributed by atoms with van der Waals surface area (Å²) in [4.78, 5) is 0. The van der Waals surface area contributed by atoms with Gasteiger partial charge < -0.3 is 18.9 Å². The Labute approximate surface area is 156 Å². The van der Waals surface area contributed by atoms with Crippen LogP contribution in [0.25, 0.3) is 0 Å². The molecule has 0 aromatic carbocycles. The highest BCUT2D eigenvalue weighted by molar-refractivity contribution is 4.95. The number of hydrogen-bond donors (Lipinski definition) is 0. The maximum atomic E-state index is 5.89. The van der Waals surface area contributed by atoms with Crippen molar-refractivity contribution in [1.82, 2.24) is 0 Å². The van der Waals surface area contributed by atoms with Crippen LogP contribution in [0.5, 0.6) is 0 Å². The normalized spacial score (nSPS) is 12.0. The molecule has 150 valence electrons. The zero-order valence-electron chi connectivity index (χ0n) is 17.2. The Hall–Kier alpha value is -0.900. The van der Waals surface area contributed by atoms with E-state index in [-0.39, 0.29) is 6.79 Å². The van der Waals surface area contributed by atoms with Crippen LogP contribution in [0.2, 0.25) is 0 Å². The van der Waals surface area contributed by atoms with E-state index in [0.29, 0.717) is 19.2 Å². The summed E-state index contributed by atoms with van der Waals surface area (Å²) in [6.45, 7) is 7.98. The molecule has 0 saturated heterocycles. The van der Waals surface area contributed by atoms with Crippen LogP contribution >= 0.6 is 0 Å². The number of methoxy groups -OCH3 is 1. The molecule has 0 aliphatic heterocycles. The number of hydrogen-bond acceptors (Lipinski definition) is 4. The summed E-state index contributed by atoms with van der Waals surface area (Å²) >= 11 is 0.